The van der Waals surface area contributed by atoms with E-state index in [1.165, 1.54) is 35.2 Å². The number of anilines is 1. The smallest absolute Gasteiger partial charge is 0.191 e. The Morgan fingerprint density at radius 3 is 2.95 bits per heavy atom. The summed E-state index contributed by atoms with van der Waals surface area (Å²) < 4.78 is 13.8. The Kier molecular flexibility index (Phi) is 3.91. The van der Waals surface area contributed by atoms with Crippen LogP contribution in [0.1, 0.15) is 5.56 Å². The number of hydrogen-bond donors (Lipinski definition) is 1. The van der Waals surface area contributed by atoms with Crippen LogP contribution in [0, 0.1) is 5.82 Å². The Morgan fingerprint density at radius 2 is 2.15 bits per heavy atom. The molecule has 0 aliphatic rings. The second-order valence-electron chi connectivity index (χ2n) is 4.06. The maximum Gasteiger partial charge on any atom is 0.191 e. The van der Waals surface area contributed by atoms with Crippen molar-refractivity contribution in [2.24, 2.45) is 0 Å². The van der Waals surface area contributed by atoms with Crippen molar-refractivity contribution in [3.05, 3.63) is 45.5 Å². The third-order valence-electron chi connectivity index (χ3n) is 2.71. The van der Waals surface area contributed by atoms with Crippen LogP contribution in [0.4, 0.5) is 10.2 Å². The van der Waals surface area contributed by atoms with Gasteiger partial charge in [0.05, 0.1) is 5.39 Å². The molecule has 0 unspecified atom stereocenters. The van der Waals surface area contributed by atoms with Crippen LogP contribution in [0.25, 0.3) is 10.2 Å². The molecule has 0 aliphatic heterocycles. The molecule has 3 rings (SSSR count). The van der Waals surface area contributed by atoms with Crippen molar-refractivity contribution in [1.29, 1.82) is 0 Å². The first-order valence-corrected chi connectivity index (χ1v) is 8.37. The highest BCUT2D eigenvalue weighted by atomic mass is 79.9. The van der Waals surface area contributed by atoms with Crippen molar-refractivity contribution in [2.75, 3.05) is 5.73 Å². The monoisotopic (exact) mass is 369 g/mol. The number of thioether (sulfide) groups is 1. The first-order chi connectivity index (χ1) is 9.63. The van der Waals surface area contributed by atoms with E-state index in [-0.39, 0.29) is 5.82 Å². The Labute approximate surface area is 131 Å². The van der Waals surface area contributed by atoms with Gasteiger partial charge in [-0.1, -0.05) is 33.8 Å². The fraction of sp³-hybridized carbons (Fsp3) is 0.0769. The van der Waals surface area contributed by atoms with E-state index >= 15 is 0 Å². The lowest BCUT2D eigenvalue weighted by molar-refractivity contribution is 0.626. The van der Waals surface area contributed by atoms with Gasteiger partial charge < -0.3 is 5.73 Å². The van der Waals surface area contributed by atoms with Crippen molar-refractivity contribution in [2.45, 2.75) is 10.9 Å². The number of halogens is 2. The molecule has 0 saturated heterocycles. The minimum atomic E-state index is -0.258. The number of benzene rings is 1. The number of nitrogens with zero attached hydrogens (tertiary/aromatic N) is 2. The third kappa shape index (κ3) is 2.79. The molecule has 2 aromatic heterocycles. The van der Waals surface area contributed by atoms with Crippen LogP contribution in [0.15, 0.2) is 39.3 Å². The van der Waals surface area contributed by atoms with Gasteiger partial charge in [-0.3, -0.25) is 0 Å². The second kappa shape index (κ2) is 5.67. The van der Waals surface area contributed by atoms with Gasteiger partial charge in [-0.15, -0.1) is 11.3 Å². The molecule has 0 saturated carbocycles. The standard InChI is InChI=1S/C13H9BrFN3S2/c14-10-5-8(15)2-1-7(10)6-20-13-17-11(16)9-3-4-19-12(9)18-13/h1-5H,6H2,(H2,16,17,18). The lowest BCUT2D eigenvalue weighted by Crippen LogP contribution is -1.95. The highest BCUT2D eigenvalue weighted by Gasteiger charge is 2.08. The van der Waals surface area contributed by atoms with Crippen LogP contribution in [0.3, 0.4) is 0 Å². The maximum atomic E-state index is 13.0. The minimum absolute atomic E-state index is 0.258. The van der Waals surface area contributed by atoms with Gasteiger partial charge >= 0.3 is 0 Å². The molecule has 0 fully saturated rings. The van der Waals surface area contributed by atoms with Crippen LogP contribution in [-0.4, -0.2) is 9.97 Å². The summed E-state index contributed by atoms with van der Waals surface area (Å²) >= 11 is 6.37. The zero-order valence-corrected chi connectivity index (χ0v) is 13.4. The van der Waals surface area contributed by atoms with E-state index in [4.69, 9.17) is 5.73 Å². The van der Waals surface area contributed by atoms with Gasteiger partial charge in [0.2, 0.25) is 0 Å². The molecule has 0 bridgehead atoms. The van der Waals surface area contributed by atoms with Gasteiger partial charge in [-0.05, 0) is 29.1 Å². The molecule has 0 spiro atoms. The normalized spacial score (nSPS) is 11.1. The first-order valence-electron chi connectivity index (χ1n) is 5.71. The number of fused-ring (bicyclic) bond motifs is 1. The van der Waals surface area contributed by atoms with Crippen molar-refractivity contribution in [3.63, 3.8) is 0 Å². The largest absolute Gasteiger partial charge is 0.383 e. The van der Waals surface area contributed by atoms with Gasteiger partial charge in [0, 0.05) is 10.2 Å². The van der Waals surface area contributed by atoms with Crippen LogP contribution >= 0.6 is 39.0 Å². The van der Waals surface area contributed by atoms with E-state index in [1.54, 1.807) is 6.07 Å². The molecular weight excluding hydrogens is 361 g/mol. The SMILES string of the molecule is Nc1nc(SCc2ccc(F)cc2Br)nc2sccc12. The Hall–Kier alpha value is -1.18. The van der Waals surface area contributed by atoms with Gasteiger partial charge in [0.1, 0.15) is 16.5 Å². The summed E-state index contributed by atoms with van der Waals surface area (Å²) in [7, 11) is 0. The molecule has 2 N–H and O–H groups in total. The zero-order chi connectivity index (χ0) is 14.1. The molecule has 0 radical (unpaired) electrons. The molecule has 3 nitrogen and oxygen atoms in total. The first kappa shape index (κ1) is 13.8. The Bertz CT molecular complexity index is 775. The summed E-state index contributed by atoms with van der Waals surface area (Å²) in [4.78, 5) is 9.63. The molecule has 102 valence electrons. The molecule has 7 heteroatoms. The Morgan fingerprint density at radius 1 is 1.30 bits per heavy atom. The highest BCUT2D eigenvalue weighted by Crippen LogP contribution is 2.29. The van der Waals surface area contributed by atoms with Crippen LogP contribution in [-0.2, 0) is 5.75 Å². The lowest BCUT2D eigenvalue weighted by atomic mass is 10.2. The van der Waals surface area contributed by atoms with E-state index in [0.717, 1.165) is 20.3 Å². The van der Waals surface area contributed by atoms with E-state index in [2.05, 4.69) is 25.9 Å². The van der Waals surface area contributed by atoms with E-state index in [9.17, 15) is 4.39 Å². The van der Waals surface area contributed by atoms with Crippen molar-refractivity contribution in [3.8, 4) is 0 Å². The highest BCUT2D eigenvalue weighted by molar-refractivity contribution is 9.10. The van der Waals surface area contributed by atoms with E-state index in [1.807, 2.05) is 11.4 Å². The van der Waals surface area contributed by atoms with Crippen molar-refractivity contribution < 1.29 is 4.39 Å². The van der Waals surface area contributed by atoms with Crippen LogP contribution in [0.5, 0.6) is 0 Å². The van der Waals surface area contributed by atoms with E-state index < -0.39 is 0 Å². The average Bonchev–Trinajstić information content (AvgIpc) is 2.86. The Balaban J connectivity index is 1.82. The fourth-order valence-corrected chi connectivity index (χ4v) is 4.06. The molecule has 0 atom stereocenters. The van der Waals surface area contributed by atoms with Crippen molar-refractivity contribution in [1.82, 2.24) is 9.97 Å². The maximum absolute atomic E-state index is 13.0. The van der Waals surface area contributed by atoms with Gasteiger partial charge in [0.15, 0.2) is 5.16 Å². The number of hydrogen-bond acceptors (Lipinski definition) is 5. The predicted molar refractivity (Wildman–Crippen MR) is 85.5 cm³/mol. The van der Waals surface area contributed by atoms with Gasteiger partial charge in [-0.25, -0.2) is 14.4 Å². The topological polar surface area (TPSA) is 51.8 Å². The number of nitrogen functional groups attached to an aromatic ring is 1. The van der Waals surface area contributed by atoms with E-state index in [0.29, 0.717) is 16.7 Å². The summed E-state index contributed by atoms with van der Waals surface area (Å²) in [5.41, 5.74) is 6.89. The average molecular weight is 370 g/mol. The number of thiophene rings is 1. The molecule has 2 heterocycles. The summed E-state index contributed by atoms with van der Waals surface area (Å²) in [6.45, 7) is 0. The third-order valence-corrected chi connectivity index (χ3v) is 5.15. The minimum Gasteiger partial charge on any atom is -0.383 e. The van der Waals surface area contributed by atoms with Crippen LogP contribution in [0.2, 0.25) is 0 Å². The molecular formula is C13H9BrFN3S2. The molecule has 0 aliphatic carbocycles. The zero-order valence-electron chi connectivity index (χ0n) is 10.1. The molecule has 3 aromatic rings. The fourth-order valence-electron chi connectivity index (χ4n) is 1.70. The number of rotatable bonds is 3. The van der Waals surface area contributed by atoms with Gasteiger partial charge in [0.25, 0.3) is 0 Å². The van der Waals surface area contributed by atoms with Crippen LogP contribution < -0.4 is 5.73 Å². The quantitative estimate of drug-likeness (QED) is 0.546. The van der Waals surface area contributed by atoms with Gasteiger partial charge in [-0.2, -0.15) is 0 Å². The lowest BCUT2D eigenvalue weighted by Gasteiger charge is -2.05. The molecule has 20 heavy (non-hydrogen) atoms. The molecule has 1 aromatic carbocycles. The second-order valence-corrected chi connectivity index (χ2v) is 6.75. The summed E-state index contributed by atoms with van der Waals surface area (Å²) in [5, 5.41) is 3.47. The summed E-state index contributed by atoms with van der Waals surface area (Å²) in [6, 6.07) is 6.56. The number of nitrogens with two attached hydrogens (primary N) is 1. The van der Waals surface area contributed by atoms with Crippen molar-refractivity contribution >= 4 is 55.1 Å². The summed E-state index contributed by atoms with van der Waals surface area (Å²) in [6.07, 6.45) is 0. The number of aromatic nitrogens is 2. The summed E-state index contributed by atoms with van der Waals surface area (Å²) in [5.74, 6) is 0.889. The predicted octanol–water partition coefficient (Wildman–Crippen LogP) is 4.47. The molecule has 0 amide bonds.